The predicted octanol–water partition coefficient (Wildman–Crippen LogP) is 4.51. The van der Waals surface area contributed by atoms with Crippen molar-refractivity contribution in [2.45, 2.75) is 31.6 Å². The van der Waals surface area contributed by atoms with E-state index in [4.69, 9.17) is 0 Å². The van der Waals surface area contributed by atoms with Gasteiger partial charge in [-0.3, -0.25) is 9.89 Å². The third-order valence-corrected chi connectivity index (χ3v) is 5.78. The second kappa shape index (κ2) is 10.3. The maximum atomic E-state index is 13.3. The summed E-state index contributed by atoms with van der Waals surface area (Å²) >= 11 is 0. The number of rotatable bonds is 5. The maximum Gasteiger partial charge on any atom is 0.491 e. The molecule has 2 aromatic heterocycles. The fourth-order valence-electron chi connectivity index (χ4n) is 4.10. The molecule has 2 atom stereocenters. The fraction of sp³-hybridized carbons (Fsp3) is 0.348. The molecule has 38 heavy (non-hydrogen) atoms. The van der Waals surface area contributed by atoms with Gasteiger partial charge in [-0.1, -0.05) is 18.2 Å². The van der Waals surface area contributed by atoms with E-state index in [2.05, 4.69) is 30.2 Å². The van der Waals surface area contributed by atoms with Gasteiger partial charge in [0, 0.05) is 36.8 Å². The molecule has 0 saturated carbocycles. The van der Waals surface area contributed by atoms with E-state index in [0.29, 0.717) is 17.3 Å². The fourth-order valence-corrected chi connectivity index (χ4v) is 4.10. The molecule has 3 heterocycles. The summed E-state index contributed by atoms with van der Waals surface area (Å²) < 4.78 is 82.0. The Balaban J connectivity index is 1.66. The molecule has 1 aliphatic heterocycles. The minimum absolute atomic E-state index is 0.0469. The molecule has 3 aromatic rings. The topological polar surface area (TPSA) is 113 Å². The van der Waals surface area contributed by atoms with Gasteiger partial charge in [-0.05, 0) is 25.0 Å². The van der Waals surface area contributed by atoms with Crippen molar-refractivity contribution in [2.24, 2.45) is 5.92 Å². The number of esters is 2. The Morgan fingerprint density at radius 1 is 1.08 bits per heavy atom. The number of nitrogens with zero attached hydrogens (tertiary/aromatic N) is 4. The van der Waals surface area contributed by atoms with Crippen molar-refractivity contribution in [1.29, 1.82) is 0 Å². The van der Waals surface area contributed by atoms with Crippen molar-refractivity contribution in [1.82, 2.24) is 20.2 Å². The second-order valence-electron chi connectivity index (χ2n) is 8.65. The first-order chi connectivity index (χ1) is 17.8. The number of benzene rings is 1. The Labute approximate surface area is 211 Å². The number of aryl methyl sites for hydroxylation is 1. The molecule has 2 unspecified atom stereocenters. The number of aromatic nitrogens is 4. The Hall–Kier alpha value is -4.17. The van der Waals surface area contributed by atoms with E-state index in [1.54, 1.807) is 19.1 Å². The first kappa shape index (κ1) is 26.9. The van der Waals surface area contributed by atoms with Crippen molar-refractivity contribution in [3.8, 4) is 0 Å². The van der Waals surface area contributed by atoms with Gasteiger partial charge in [0.25, 0.3) is 0 Å². The summed E-state index contributed by atoms with van der Waals surface area (Å²) in [5.74, 6) is -5.26. The van der Waals surface area contributed by atoms with Crippen molar-refractivity contribution >= 4 is 29.5 Å². The average Bonchev–Trinajstić information content (AvgIpc) is 3.35. The van der Waals surface area contributed by atoms with Crippen LogP contribution in [-0.4, -0.2) is 51.4 Å². The number of carbonyl (C=O) groups is 2. The number of ether oxygens (including phenoxy) is 1. The zero-order valence-corrected chi connectivity index (χ0v) is 19.6. The molecule has 1 saturated heterocycles. The summed E-state index contributed by atoms with van der Waals surface area (Å²) in [7, 11) is 0. The summed E-state index contributed by atoms with van der Waals surface area (Å²) in [6.07, 6.45) is -8.68. The molecule has 2 N–H and O–H groups in total. The molecular formula is C23H20F6N6O3. The standard InChI is InChI=1S/C23H20F6N6O3/c1-12-7-18(32-17-5-6-30-34-17)33-21(31-12)35-10-14(13-3-2-4-16(9-13)22(24,25)26)8-15(11-35)19(36)38-20(37)23(27,28)29/h2-7,9,14-15H,8,10-11H2,1H3,(H2,30,31,32,33,34). The van der Waals surface area contributed by atoms with Crippen LogP contribution in [0.1, 0.15) is 29.2 Å². The molecule has 0 radical (unpaired) electrons. The molecule has 1 fully saturated rings. The number of alkyl halides is 6. The van der Waals surface area contributed by atoms with Gasteiger partial charge in [-0.2, -0.15) is 36.4 Å². The van der Waals surface area contributed by atoms with Crippen molar-refractivity contribution < 1.29 is 40.7 Å². The van der Waals surface area contributed by atoms with E-state index in [-0.39, 0.29) is 31.0 Å². The number of carbonyl (C=O) groups excluding carboxylic acids is 2. The Kier molecular flexibility index (Phi) is 7.29. The maximum absolute atomic E-state index is 13.3. The zero-order chi connectivity index (χ0) is 27.7. The lowest BCUT2D eigenvalue weighted by atomic mass is 9.84. The van der Waals surface area contributed by atoms with Gasteiger partial charge < -0.3 is 15.0 Å². The van der Waals surface area contributed by atoms with Crippen molar-refractivity contribution in [2.75, 3.05) is 23.3 Å². The van der Waals surface area contributed by atoms with Gasteiger partial charge in [0.05, 0.1) is 17.7 Å². The molecule has 9 nitrogen and oxygen atoms in total. The van der Waals surface area contributed by atoms with Crippen LogP contribution in [0, 0.1) is 12.8 Å². The van der Waals surface area contributed by atoms with Crippen LogP contribution in [0.25, 0.3) is 0 Å². The minimum atomic E-state index is -5.39. The van der Waals surface area contributed by atoms with Crippen LogP contribution in [0.4, 0.5) is 43.9 Å². The van der Waals surface area contributed by atoms with Gasteiger partial charge in [0.1, 0.15) is 11.6 Å². The summed E-state index contributed by atoms with van der Waals surface area (Å²) in [6, 6.07) is 7.66. The molecule has 202 valence electrons. The number of halogens is 6. The average molecular weight is 542 g/mol. The van der Waals surface area contributed by atoms with Gasteiger partial charge >= 0.3 is 24.3 Å². The van der Waals surface area contributed by atoms with Crippen LogP contribution >= 0.6 is 0 Å². The highest BCUT2D eigenvalue weighted by Gasteiger charge is 2.44. The number of hydrogen-bond donors (Lipinski definition) is 2. The molecule has 0 bridgehead atoms. The third-order valence-electron chi connectivity index (χ3n) is 5.78. The van der Waals surface area contributed by atoms with Gasteiger partial charge in [-0.15, -0.1) is 0 Å². The number of H-pyrrole nitrogens is 1. The Morgan fingerprint density at radius 2 is 1.84 bits per heavy atom. The third kappa shape index (κ3) is 6.39. The predicted molar refractivity (Wildman–Crippen MR) is 120 cm³/mol. The minimum Gasteiger partial charge on any atom is -0.386 e. The lowest BCUT2D eigenvalue weighted by molar-refractivity contribution is -0.203. The van der Waals surface area contributed by atoms with E-state index in [1.807, 2.05) is 0 Å². The highest BCUT2D eigenvalue weighted by atomic mass is 19.4. The summed E-state index contributed by atoms with van der Waals surface area (Å²) in [4.78, 5) is 34.0. The first-order valence-electron chi connectivity index (χ1n) is 11.2. The molecule has 0 amide bonds. The van der Waals surface area contributed by atoms with E-state index in [9.17, 15) is 35.9 Å². The normalized spacial score (nSPS) is 18.2. The number of hydrogen-bond acceptors (Lipinski definition) is 8. The SMILES string of the molecule is Cc1cc(Nc2ccn[nH]2)nc(N2CC(C(=O)OC(=O)C(F)(F)F)CC(c3cccc(C(F)(F)F)c3)C2)n1. The smallest absolute Gasteiger partial charge is 0.386 e. The molecule has 15 heteroatoms. The Bertz CT molecular complexity index is 1310. The highest BCUT2D eigenvalue weighted by Crippen LogP contribution is 2.36. The molecule has 1 aliphatic rings. The molecule has 4 rings (SSSR count). The molecular weight excluding hydrogens is 522 g/mol. The van der Waals surface area contributed by atoms with Crippen LogP contribution < -0.4 is 10.2 Å². The highest BCUT2D eigenvalue weighted by molar-refractivity contribution is 5.89. The quantitative estimate of drug-likeness (QED) is 0.275. The number of aromatic amines is 1. The van der Waals surface area contributed by atoms with Crippen LogP contribution in [-0.2, 0) is 20.5 Å². The monoisotopic (exact) mass is 542 g/mol. The van der Waals surface area contributed by atoms with E-state index in [0.717, 1.165) is 12.1 Å². The zero-order valence-electron chi connectivity index (χ0n) is 19.6. The number of piperidine rings is 1. The summed E-state index contributed by atoms with van der Waals surface area (Å²) in [5.41, 5.74) is -0.228. The second-order valence-corrected chi connectivity index (χ2v) is 8.65. The van der Waals surface area contributed by atoms with Crippen LogP contribution in [0.15, 0.2) is 42.6 Å². The largest absolute Gasteiger partial charge is 0.491 e. The lowest BCUT2D eigenvalue weighted by Crippen LogP contribution is -2.45. The number of nitrogens with one attached hydrogen (secondary N) is 2. The van der Waals surface area contributed by atoms with Gasteiger partial charge in [0.15, 0.2) is 0 Å². The van der Waals surface area contributed by atoms with Crippen molar-refractivity contribution in [3.05, 3.63) is 59.4 Å². The lowest BCUT2D eigenvalue weighted by Gasteiger charge is -2.37. The van der Waals surface area contributed by atoms with Gasteiger partial charge in [0.2, 0.25) is 5.95 Å². The molecule has 0 spiro atoms. The van der Waals surface area contributed by atoms with Crippen LogP contribution in [0.3, 0.4) is 0 Å². The molecule has 1 aromatic carbocycles. The van der Waals surface area contributed by atoms with E-state index < -0.39 is 41.7 Å². The molecule has 0 aliphatic carbocycles. The van der Waals surface area contributed by atoms with E-state index in [1.165, 1.54) is 23.2 Å². The summed E-state index contributed by atoms with van der Waals surface area (Å²) in [5, 5.41) is 9.47. The summed E-state index contributed by atoms with van der Waals surface area (Å²) in [6.45, 7) is 1.48. The van der Waals surface area contributed by atoms with Crippen LogP contribution in [0.5, 0.6) is 0 Å². The Morgan fingerprint density at radius 3 is 2.50 bits per heavy atom. The van der Waals surface area contributed by atoms with Gasteiger partial charge in [-0.25, -0.2) is 9.78 Å². The first-order valence-corrected chi connectivity index (χ1v) is 11.2. The number of anilines is 3. The van der Waals surface area contributed by atoms with Crippen LogP contribution in [0.2, 0.25) is 0 Å². The van der Waals surface area contributed by atoms with E-state index >= 15 is 0 Å². The van der Waals surface area contributed by atoms with Crippen molar-refractivity contribution in [3.63, 3.8) is 0 Å².